The molecule has 0 aliphatic heterocycles. The number of carbonyl (C=O) groups is 1. The minimum absolute atomic E-state index is 0. The van der Waals surface area contributed by atoms with Gasteiger partial charge in [0.05, 0.1) is 12.8 Å². The Labute approximate surface area is 116 Å². The second kappa shape index (κ2) is 8.68. The average Bonchev–Trinajstić information content (AvgIpc) is 2.14. The predicted octanol–water partition coefficient (Wildman–Crippen LogP) is -0.211. The molecule has 1 atom stereocenters. The quantitative estimate of drug-likeness (QED) is 0.680. The van der Waals surface area contributed by atoms with Crippen molar-refractivity contribution in [3.8, 4) is 0 Å². The van der Waals surface area contributed by atoms with Crippen molar-refractivity contribution in [3.05, 3.63) is 0 Å². The van der Waals surface area contributed by atoms with Crippen LogP contribution in [0.2, 0.25) is 0 Å². The van der Waals surface area contributed by atoms with E-state index in [9.17, 15) is 13.2 Å². The van der Waals surface area contributed by atoms with Gasteiger partial charge >= 0.3 is 0 Å². The Kier molecular flexibility index (Phi) is 9.63. The van der Waals surface area contributed by atoms with Gasteiger partial charge in [0.15, 0.2) is 0 Å². The molecule has 0 fully saturated rings. The second-order valence-electron chi connectivity index (χ2n) is 4.65. The molecule has 18 heavy (non-hydrogen) atoms. The molecule has 0 aliphatic carbocycles. The van der Waals surface area contributed by atoms with Crippen LogP contribution in [0, 0.1) is 5.92 Å². The Balaban J connectivity index is 0. The zero-order valence-electron chi connectivity index (χ0n) is 11.3. The number of nitrogens with one attached hydrogen (secondary N) is 1. The van der Waals surface area contributed by atoms with Crippen molar-refractivity contribution in [2.75, 3.05) is 26.4 Å². The Morgan fingerprint density at radius 2 is 1.89 bits per heavy atom. The van der Waals surface area contributed by atoms with E-state index in [1.165, 1.54) is 7.05 Å². The molecule has 8 heteroatoms. The molecule has 0 bridgehead atoms. The normalized spacial score (nSPS) is 13.3. The van der Waals surface area contributed by atoms with Crippen molar-refractivity contribution >= 4 is 28.3 Å². The number of rotatable bonds is 7. The molecular weight excluding hydrogens is 278 g/mol. The van der Waals surface area contributed by atoms with E-state index in [2.05, 4.69) is 5.32 Å². The van der Waals surface area contributed by atoms with Crippen molar-refractivity contribution < 1.29 is 13.2 Å². The van der Waals surface area contributed by atoms with Crippen LogP contribution in [-0.2, 0) is 14.8 Å². The molecular formula is C10H24ClN3O3S. The second-order valence-corrected chi connectivity index (χ2v) is 6.74. The summed E-state index contributed by atoms with van der Waals surface area (Å²) in [4.78, 5) is 11.6. The fraction of sp³-hybridized carbons (Fsp3) is 0.900. The van der Waals surface area contributed by atoms with E-state index >= 15 is 0 Å². The zero-order chi connectivity index (χ0) is 13.6. The average molecular weight is 302 g/mol. The van der Waals surface area contributed by atoms with Gasteiger partial charge < -0.3 is 11.1 Å². The van der Waals surface area contributed by atoms with Gasteiger partial charge in [-0.2, -0.15) is 4.31 Å². The lowest BCUT2D eigenvalue weighted by Gasteiger charge is -2.20. The van der Waals surface area contributed by atoms with E-state index < -0.39 is 10.0 Å². The van der Waals surface area contributed by atoms with Gasteiger partial charge in [0.1, 0.15) is 0 Å². The lowest BCUT2D eigenvalue weighted by molar-refractivity contribution is -0.121. The zero-order valence-corrected chi connectivity index (χ0v) is 13.0. The number of halogens is 1. The summed E-state index contributed by atoms with van der Waals surface area (Å²) >= 11 is 0. The molecule has 0 radical (unpaired) electrons. The first kappa shape index (κ1) is 20.0. The van der Waals surface area contributed by atoms with Gasteiger partial charge in [0.2, 0.25) is 15.9 Å². The number of likely N-dealkylation sites (N-methyl/N-ethyl adjacent to an activating group) is 1. The Hall–Kier alpha value is -0.370. The van der Waals surface area contributed by atoms with Gasteiger partial charge in [0, 0.05) is 19.6 Å². The number of nitrogens with two attached hydrogens (primary N) is 1. The molecule has 0 saturated heterocycles. The van der Waals surface area contributed by atoms with Crippen LogP contribution in [0.3, 0.4) is 0 Å². The third kappa shape index (κ3) is 8.68. The molecule has 0 spiro atoms. The van der Waals surface area contributed by atoms with Crippen molar-refractivity contribution in [3.63, 3.8) is 0 Å². The first-order valence-corrected chi connectivity index (χ1v) is 7.42. The Bertz CT molecular complexity index is 346. The van der Waals surface area contributed by atoms with Crippen molar-refractivity contribution in [1.29, 1.82) is 0 Å². The van der Waals surface area contributed by atoms with Crippen LogP contribution < -0.4 is 11.1 Å². The molecule has 0 heterocycles. The molecule has 1 unspecified atom stereocenters. The highest BCUT2D eigenvalue weighted by Gasteiger charge is 2.17. The molecule has 0 rings (SSSR count). The number of sulfonamides is 1. The van der Waals surface area contributed by atoms with Gasteiger partial charge in [-0.15, -0.1) is 12.4 Å². The molecule has 0 aromatic carbocycles. The highest BCUT2D eigenvalue weighted by molar-refractivity contribution is 7.88. The molecule has 1 amide bonds. The van der Waals surface area contributed by atoms with Gasteiger partial charge in [-0.05, 0) is 12.3 Å². The third-order valence-electron chi connectivity index (χ3n) is 2.34. The number of nitrogens with zero attached hydrogens (tertiary/aromatic N) is 1. The lowest BCUT2D eigenvalue weighted by atomic mass is 10.0. The summed E-state index contributed by atoms with van der Waals surface area (Å²) in [7, 11) is -1.95. The highest BCUT2D eigenvalue weighted by Crippen LogP contribution is 2.03. The maximum atomic E-state index is 11.6. The fourth-order valence-electron chi connectivity index (χ4n) is 1.38. The van der Waals surface area contributed by atoms with E-state index in [0.29, 0.717) is 12.5 Å². The van der Waals surface area contributed by atoms with Gasteiger partial charge in [-0.25, -0.2) is 8.42 Å². The van der Waals surface area contributed by atoms with E-state index in [1.807, 2.05) is 13.8 Å². The van der Waals surface area contributed by atoms with E-state index in [0.717, 1.165) is 17.0 Å². The van der Waals surface area contributed by atoms with Crippen molar-refractivity contribution in [2.45, 2.75) is 26.3 Å². The van der Waals surface area contributed by atoms with E-state index in [4.69, 9.17) is 5.73 Å². The summed E-state index contributed by atoms with van der Waals surface area (Å²) in [6.45, 7) is 4.26. The predicted molar refractivity (Wildman–Crippen MR) is 75.2 cm³/mol. The van der Waals surface area contributed by atoms with Crippen LogP contribution >= 0.6 is 12.4 Å². The molecule has 3 N–H and O–H groups in total. The molecule has 0 aromatic rings. The van der Waals surface area contributed by atoms with Crippen molar-refractivity contribution in [2.24, 2.45) is 11.7 Å². The first-order chi connectivity index (χ1) is 7.66. The number of hydrogen-bond donors (Lipinski definition) is 2. The van der Waals surface area contributed by atoms with Crippen LogP contribution in [-0.4, -0.2) is 51.1 Å². The Morgan fingerprint density at radius 1 is 1.39 bits per heavy atom. The summed E-state index contributed by atoms with van der Waals surface area (Å²) in [6.07, 6.45) is 1.85. The SMILES string of the molecule is CC(C)CC(CN)NC(=O)CN(C)S(C)(=O)=O.Cl. The number of hydrogen-bond acceptors (Lipinski definition) is 4. The highest BCUT2D eigenvalue weighted by atomic mass is 35.5. The summed E-state index contributed by atoms with van der Waals surface area (Å²) in [5.74, 6) is 0.102. The third-order valence-corrected chi connectivity index (χ3v) is 3.60. The summed E-state index contributed by atoms with van der Waals surface area (Å²) in [5.41, 5.74) is 5.54. The first-order valence-electron chi connectivity index (χ1n) is 5.57. The minimum atomic E-state index is -3.32. The van der Waals surface area contributed by atoms with Crippen molar-refractivity contribution in [1.82, 2.24) is 9.62 Å². The summed E-state index contributed by atoms with van der Waals surface area (Å²) < 4.78 is 23.2. The lowest BCUT2D eigenvalue weighted by Crippen LogP contribution is -2.45. The maximum absolute atomic E-state index is 11.6. The van der Waals surface area contributed by atoms with Crippen LogP contribution in [0.4, 0.5) is 0 Å². The Morgan fingerprint density at radius 3 is 2.22 bits per heavy atom. The number of amides is 1. The molecule has 6 nitrogen and oxygen atoms in total. The van der Waals surface area contributed by atoms with Crippen LogP contribution in [0.1, 0.15) is 20.3 Å². The van der Waals surface area contributed by atoms with Crippen LogP contribution in [0.15, 0.2) is 0 Å². The van der Waals surface area contributed by atoms with Gasteiger partial charge in [0.25, 0.3) is 0 Å². The summed E-state index contributed by atoms with van der Waals surface area (Å²) in [6, 6.07) is -0.101. The smallest absolute Gasteiger partial charge is 0.235 e. The largest absolute Gasteiger partial charge is 0.351 e. The number of carbonyl (C=O) groups excluding carboxylic acids is 1. The van der Waals surface area contributed by atoms with Crippen LogP contribution in [0.25, 0.3) is 0 Å². The van der Waals surface area contributed by atoms with Gasteiger partial charge in [-0.1, -0.05) is 13.8 Å². The standard InChI is InChI=1S/C10H23N3O3S.ClH/c1-8(2)5-9(6-11)12-10(14)7-13(3)17(4,15)16;/h8-9H,5-7,11H2,1-4H3,(H,12,14);1H. The molecule has 110 valence electrons. The summed E-state index contributed by atoms with van der Waals surface area (Å²) in [5, 5.41) is 2.73. The monoisotopic (exact) mass is 301 g/mol. The van der Waals surface area contributed by atoms with E-state index in [-0.39, 0.29) is 30.9 Å². The topological polar surface area (TPSA) is 92.5 Å². The van der Waals surface area contributed by atoms with E-state index in [1.54, 1.807) is 0 Å². The molecule has 0 saturated carbocycles. The van der Waals surface area contributed by atoms with Gasteiger partial charge in [-0.3, -0.25) is 4.79 Å². The molecule has 0 aromatic heterocycles. The molecule has 0 aliphatic rings. The minimum Gasteiger partial charge on any atom is -0.351 e. The maximum Gasteiger partial charge on any atom is 0.235 e. The van der Waals surface area contributed by atoms with Crippen LogP contribution in [0.5, 0.6) is 0 Å². The fourth-order valence-corrected chi connectivity index (χ4v) is 1.73.